The molecule has 2 aromatic rings. The number of ether oxygens (including phenoxy) is 1. The molecule has 1 heterocycles. The molecule has 90 valence electrons. The van der Waals surface area contributed by atoms with Crippen LogP contribution in [0.2, 0.25) is 0 Å². The lowest BCUT2D eigenvalue weighted by molar-refractivity contribution is 0.0910. The summed E-state index contributed by atoms with van der Waals surface area (Å²) in [6.07, 6.45) is -0.0804. The number of rotatable bonds is 5. The Labute approximate surface area is 110 Å². The van der Waals surface area contributed by atoms with Crippen LogP contribution in [0.5, 0.6) is 0 Å². The van der Waals surface area contributed by atoms with Gasteiger partial charge in [0.25, 0.3) is 0 Å². The first-order valence-corrected chi connectivity index (χ1v) is 6.93. The van der Waals surface area contributed by atoms with Gasteiger partial charge in [0.1, 0.15) is 11.1 Å². The van der Waals surface area contributed by atoms with Gasteiger partial charge in [0.15, 0.2) is 0 Å². The van der Waals surface area contributed by atoms with Crippen molar-refractivity contribution in [2.45, 2.75) is 18.9 Å². The molecule has 17 heavy (non-hydrogen) atoms. The monoisotopic (exact) mass is 267 g/mol. The highest BCUT2D eigenvalue weighted by atomic mass is 35.5. The summed E-state index contributed by atoms with van der Waals surface area (Å²) in [5.41, 5.74) is 2.04. The van der Waals surface area contributed by atoms with E-state index in [0.29, 0.717) is 12.5 Å². The van der Waals surface area contributed by atoms with Crippen molar-refractivity contribution >= 4 is 22.9 Å². The van der Waals surface area contributed by atoms with E-state index in [1.807, 2.05) is 30.5 Å². The summed E-state index contributed by atoms with van der Waals surface area (Å²) < 4.78 is 5.78. The zero-order chi connectivity index (χ0) is 12.1. The summed E-state index contributed by atoms with van der Waals surface area (Å²) in [5, 5.41) is 2.95. The Bertz CT molecular complexity index is 457. The average molecular weight is 268 g/mol. The largest absolute Gasteiger partial charge is 0.367 e. The van der Waals surface area contributed by atoms with Crippen molar-refractivity contribution in [2.24, 2.45) is 0 Å². The number of hydrogen-bond donors (Lipinski definition) is 0. The highest BCUT2D eigenvalue weighted by Gasteiger charge is 2.17. The first-order chi connectivity index (χ1) is 8.35. The van der Waals surface area contributed by atoms with Crippen molar-refractivity contribution in [3.63, 3.8) is 0 Å². The average Bonchev–Trinajstić information content (AvgIpc) is 2.85. The Morgan fingerprint density at radius 2 is 2.12 bits per heavy atom. The minimum atomic E-state index is -0.0804. The fraction of sp³-hybridized carbons (Fsp3) is 0.308. The van der Waals surface area contributed by atoms with Gasteiger partial charge in [-0.2, -0.15) is 0 Å². The van der Waals surface area contributed by atoms with E-state index >= 15 is 0 Å². The lowest BCUT2D eigenvalue weighted by atomic mass is 10.1. The number of nitrogens with zero attached hydrogens (tertiary/aromatic N) is 1. The van der Waals surface area contributed by atoms with Crippen LogP contribution in [0.25, 0.3) is 0 Å². The molecule has 0 saturated carbocycles. The first kappa shape index (κ1) is 12.6. The fourth-order valence-electron chi connectivity index (χ4n) is 1.61. The zero-order valence-corrected chi connectivity index (χ0v) is 11.2. The van der Waals surface area contributed by atoms with Crippen molar-refractivity contribution < 1.29 is 4.74 Å². The highest BCUT2D eigenvalue weighted by Crippen LogP contribution is 2.28. The van der Waals surface area contributed by atoms with E-state index in [2.05, 4.69) is 17.1 Å². The Hall–Kier alpha value is -0.900. The molecular formula is C13H14ClNOS. The van der Waals surface area contributed by atoms with Crippen LogP contribution in [0.3, 0.4) is 0 Å². The van der Waals surface area contributed by atoms with Crippen LogP contribution in [-0.4, -0.2) is 11.6 Å². The van der Waals surface area contributed by atoms with Crippen molar-refractivity contribution in [1.29, 1.82) is 0 Å². The quantitative estimate of drug-likeness (QED) is 0.764. The predicted octanol–water partition coefficient (Wildman–Crippen LogP) is 4.01. The van der Waals surface area contributed by atoms with Crippen molar-refractivity contribution in [2.75, 3.05) is 6.61 Å². The number of alkyl halides is 1. The summed E-state index contributed by atoms with van der Waals surface area (Å²) >= 11 is 7.37. The number of halogens is 1. The van der Waals surface area contributed by atoms with E-state index in [1.165, 1.54) is 0 Å². The minimum absolute atomic E-state index is 0.0804. The van der Waals surface area contributed by atoms with Gasteiger partial charge >= 0.3 is 0 Å². The number of thiazole rings is 1. The second kappa shape index (κ2) is 6.15. The second-order valence-corrected chi connectivity index (χ2v) is 4.71. The molecular weight excluding hydrogens is 254 g/mol. The molecule has 2 rings (SSSR count). The van der Waals surface area contributed by atoms with Gasteiger partial charge in [-0.3, -0.25) is 0 Å². The Kier molecular flexibility index (Phi) is 4.54. The van der Waals surface area contributed by atoms with Crippen molar-refractivity contribution in [3.05, 3.63) is 52.0 Å². The third kappa shape index (κ3) is 3.06. The van der Waals surface area contributed by atoms with Gasteiger partial charge < -0.3 is 4.74 Å². The van der Waals surface area contributed by atoms with E-state index < -0.39 is 0 Å². The highest BCUT2D eigenvalue weighted by molar-refractivity contribution is 7.09. The van der Waals surface area contributed by atoms with Gasteiger partial charge in [-0.1, -0.05) is 30.3 Å². The first-order valence-electron chi connectivity index (χ1n) is 5.52. The molecule has 0 aliphatic carbocycles. The molecule has 0 radical (unpaired) electrons. The van der Waals surface area contributed by atoms with Gasteiger partial charge in [0, 0.05) is 12.0 Å². The lowest BCUT2D eigenvalue weighted by Gasteiger charge is -2.14. The molecule has 0 amide bonds. The number of benzene rings is 1. The number of aromatic nitrogens is 1. The summed E-state index contributed by atoms with van der Waals surface area (Å²) in [7, 11) is 0. The molecule has 1 atom stereocenters. The van der Waals surface area contributed by atoms with Gasteiger partial charge in [-0.15, -0.1) is 22.9 Å². The minimum Gasteiger partial charge on any atom is -0.367 e. The van der Waals surface area contributed by atoms with Crippen LogP contribution in [0.15, 0.2) is 35.7 Å². The summed E-state index contributed by atoms with van der Waals surface area (Å²) in [6.45, 7) is 2.65. The van der Waals surface area contributed by atoms with Crippen molar-refractivity contribution in [3.8, 4) is 0 Å². The molecule has 0 aliphatic heterocycles. The van der Waals surface area contributed by atoms with Gasteiger partial charge in [0.05, 0.1) is 11.6 Å². The van der Waals surface area contributed by atoms with Crippen LogP contribution in [0.4, 0.5) is 0 Å². The van der Waals surface area contributed by atoms with Crippen LogP contribution in [0.1, 0.15) is 29.3 Å². The Balaban J connectivity index is 2.28. The predicted molar refractivity (Wildman–Crippen MR) is 71.6 cm³/mol. The van der Waals surface area contributed by atoms with Gasteiger partial charge in [-0.05, 0) is 12.5 Å². The normalized spacial score (nSPS) is 12.6. The third-order valence-electron chi connectivity index (χ3n) is 2.37. The maximum atomic E-state index is 5.78. The molecule has 0 spiro atoms. The summed E-state index contributed by atoms with van der Waals surface area (Å²) in [4.78, 5) is 4.49. The fourth-order valence-corrected chi connectivity index (χ4v) is 2.73. The zero-order valence-electron chi connectivity index (χ0n) is 9.60. The molecule has 1 aromatic carbocycles. The van der Waals surface area contributed by atoms with Gasteiger partial charge in [0.2, 0.25) is 0 Å². The molecule has 1 aromatic heterocycles. The summed E-state index contributed by atoms with van der Waals surface area (Å²) in [5.74, 6) is 0.449. The molecule has 1 unspecified atom stereocenters. The van der Waals surface area contributed by atoms with Gasteiger partial charge in [-0.25, -0.2) is 4.98 Å². The standard InChI is InChI=1S/C13H14ClNOS/c1-2-16-12(10-6-4-3-5-7-10)13-15-11(8-14)9-17-13/h3-7,9,12H,2,8H2,1H3. The lowest BCUT2D eigenvalue weighted by Crippen LogP contribution is -2.05. The second-order valence-electron chi connectivity index (χ2n) is 3.56. The van der Waals surface area contributed by atoms with Crippen LogP contribution >= 0.6 is 22.9 Å². The summed E-state index contributed by atoms with van der Waals surface area (Å²) in [6, 6.07) is 10.1. The molecule has 0 aliphatic rings. The van der Waals surface area contributed by atoms with E-state index in [4.69, 9.17) is 16.3 Å². The Morgan fingerprint density at radius 1 is 1.35 bits per heavy atom. The van der Waals surface area contributed by atoms with E-state index in [-0.39, 0.29) is 6.10 Å². The van der Waals surface area contributed by atoms with E-state index in [0.717, 1.165) is 16.3 Å². The number of hydrogen-bond acceptors (Lipinski definition) is 3. The maximum Gasteiger partial charge on any atom is 0.134 e. The Morgan fingerprint density at radius 3 is 2.71 bits per heavy atom. The topological polar surface area (TPSA) is 22.1 Å². The molecule has 0 bridgehead atoms. The van der Waals surface area contributed by atoms with Crippen LogP contribution < -0.4 is 0 Å². The SMILES string of the molecule is CCOC(c1ccccc1)c1nc(CCl)cs1. The van der Waals surface area contributed by atoms with E-state index in [9.17, 15) is 0 Å². The van der Waals surface area contributed by atoms with Crippen LogP contribution in [0, 0.1) is 0 Å². The molecule has 4 heteroatoms. The van der Waals surface area contributed by atoms with Crippen LogP contribution in [-0.2, 0) is 10.6 Å². The van der Waals surface area contributed by atoms with Crippen molar-refractivity contribution in [1.82, 2.24) is 4.98 Å². The maximum absolute atomic E-state index is 5.78. The third-order valence-corrected chi connectivity index (χ3v) is 3.58. The smallest absolute Gasteiger partial charge is 0.134 e. The molecule has 0 fully saturated rings. The van der Waals surface area contributed by atoms with E-state index in [1.54, 1.807) is 11.3 Å². The molecule has 0 N–H and O–H groups in total. The molecule has 2 nitrogen and oxygen atoms in total. The molecule has 0 saturated heterocycles.